The quantitative estimate of drug-likeness (QED) is 0.710. The number of carbonyl (C=O) groups is 1. The van der Waals surface area contributed by atoms with Crippen LogP contribution in [0.4, 0.5) is 23.2 Å². The van der Waals surface area contributed by atoms with Gasteiger partial charge in [0.1, 0.15) is 0 Å². The monoisotopic (exact) mass is 407 g/mol. The third-order valence-corrected chi connectivity index (χ3v) is 3.36. The van der Waals surface area contributed by atoms with Crippen LogP contribution < -0.4 is 15.4 Å². The molecule has 1 aromatic heterocycles. The number of anilines is 1. The second kappa shape index (κ2) is 10.6. The molecule has 0 unspecified atom stereocenters. The molecule has 2 N–H and O–H groups in total. The van der Waals surface area contributed by atoms with Gasteiger partial charge in [0.05, 0.1) is 17.9 Å². The van der Waals surface area contributed by atoms with E-state index in [4.69, 9.17) is 0 Å². The van der Waals surface area contributed by atoms with Crippen LogP contribution in [-0.4, -0.2) is 42.4 Å². The second-order valence-corrected chi connectivity index (χ2v) is 5.23. The van der Waals surface area contributed by atoms with E-state index >= 15 is 0 Å². The summed E-state index contributed by atoms with van der Waals surface area (Å²) < 4.78 is 54.0. The highest BCUT2D eigenvalue weighted by molar-refractivity contribution is 5.94. The van der Waals surface area contributed by atoms with Gasteiger partial charge in [0, 0.05) is 6.07 Å². The van der Waals surface area contributed by atoms with Gasteiger partial charge in [0.15, 0.2) is 6.61 Å². The molecule has 2 heterocycles. The number of nitrogens with zero attached hydrogens (tertiary/aromatic N) is 1. The van der Waals surface area contributed by atoms with E-state index < -0.39 is 19.0 Å². The number of hydrogen-bond acceptors (Lipinski definition) is 4. The molecule has 1 fully saturated rings. The first kappa shape index (κ1) is 23.7. The Morgan fingerprint density at radius 1 is 1.36 bits per heavy atom. The first-order chi connectivity index (χ1) is 10.9. The van der Waals surface area contributed by atoms with Gasteiger partial charge in [0.25, 0.3) is 0 Å². The molecule has 0 saturated carbocycles. The van der Waals surface area contributed by atoms with Gasteiger partial charge in [-0.2, -0.15) is 8.78 Å². The van der Waals surface area contributed by atoms with Crippen LogP contribution in [0.15, 0.2) is 18.3 Å². The van der Waals surface area contributed by atoms with Crippen molar-refractivity contribution < 1.29 is 27.1 Å². The molecule has 0 radical (unpaired) electrons. The maximum atomic E-state index is 12.7. The number of halogens is 6. The van der Waals surface area contributed by atoms with Crippen molar-refractivity contribution in [1.82, 2.24) is 10.3 Å². The normalized spacial score (nSPS) is 17.2. The van der Waals surface area contributed by atoms with Crippen LogP contribution in [0.2, 0.25) is 0 Å². The lowest BCUT2D eigenvalue weighted by Crippen LogP contribution is -2.43. The summed E-state index contributed by atoms with van der Waals surface area (Å²) in [6.45, 7) is -0.684. The SMILES string of the molecule is Cl.Cl.O=C(Nc1ccc(OCC(F)(F)C(F)F)nc1)[C@H]1CCCCN1. The van der Waals surface area contributed by atoms with E-state index in [0.29, 0.717) is 5.69 Å². The summed E-state index contributed by atoms with van der Waals surface area (Å²) >= 11 is 0. The van der Waals surface area contributed by atoms with Crippen LogP contribution in [-0.2, 0) is 4.79 Å². The summed E-state index contributed by atoms with van der Waals surface area (Å²) in [4.78, 5) is 15.7. The number of carbonyl (C=O) groups excluding carboxylic acids is 1. The first-order valence-electron chi connectivity index (χ1n) is 7.17. The molecule has 1 amide bonds. The fourth-order valence-electron chi connectivity index (χ4n) is 2.08. The maximum absolute atomic E-state index is 12.7. The van der Waals surface area contributed by atoms with Gasteiger partial charge in [0.2, 0.25) is 11.8 Å². The highest BCUT2D eigenvalue weighted by atomic mass is 35.5. The van der Waals surface area contributed by atoms with Gasteiger partial charge in [-0.15, -0.1) is 24.8 Å². The van der Waals surface area contributed by atoms with Crippen molar-refractivity contribution in [3.05, 3.63) is 18.3 Å². The Morgan fingerprint density at radius 2 is 2.08 bits per heavy atom. The molecular formula is C14H19Cl2F4N3O2. The molecule has 1 aliphatic rings. The minimum Gasteiger partial charge on any atom is -0.471 e. The second-order valence-electron chi connectivity index (χ2n) is 5.23. The Balaban J connectivity index is 0.00000288. The Hall–Kier alpha value is -1.32. The third kappa shape index (κ3) is 7.21. The van der Waals surface area contributed by atoms with E-state index in [1.807, 2.05) is 0 Å². The fourth-order valence-corrected chi connectivity index (χ4v) is 2.08. The Morgan fingerprint density at radius 3 is 2.60 bits per heavy atom. The van der Waals surface area contributed by atoms with E-state index in [2.05, 4.69) is 20.4 Å². The van der Waals surface area contributed by atoms with Crippen LogP contribution in [0.5, 0.6) is 5.88 Å². The van der Waals surface area contributed by atoms with Gasteiger partial charge >= 0.3 is 12.3 Å². The number of pyridine rings is 1. The number of amides is 1. The predicted octanol–water partition coefficient (Wildman–Crippen LogP) is 3.29. The van der Waals surface area contributed by atoms with Crippen LogP contribution in [0.25, 0.3) is 0 Å². The number of piperidine rings is 1. The molecule has 0 bridgehead atoms. The van der Waals surface area contributed by atoms with Crippen molar-refractivity contribution in [2.75, 3.05) is 18.5 Å². The third-order valence-electron chi connectivity index (χ3n) is 3.36. The highest BCUT2D eigenvalue weighted by Crippen LogP contribution is 2.24. The minimum atomic E-state index is -4.23. The van der Waals surface area contributed by atoms with Gasteiger partial charge in [-0.25, -0.2) is 13.8 Å². The first-order valence-corrected chi connectivity index (χ1v) is 7.17. The maximum Gasteiger partial charge on any atom is 0.340 e. The van der Waals surface area contributed by atoms with Gasteiger partial charge in [-0.3, -0.25) is 4.79 Å². The Labute approximate surface area is 154 Å². The van der Waals surface area contributed by atoms with Crippen molar-refractivity contribution in [1.29, 1.82) is 0 Å². The standard InChI is InChI=1S/C14H17F4N3O2.2ClH/c15-13(16)14(17,18)8-23-11-5-4-9(7-20-11)21-12(22)10-3-1-2-6-19-10;;/h4-5,7,10,13,19H,1-3,6,8H2,(H,21,22);2*1H/t10-;;/m1../s1. The lowest BCUT2D eigenvalue weighted by Gasteiger charge is -2.22. The van der Waals surface area contributed by atoms with Gasteiger partial charge in [-0.05, 0) is 25.5 Å². The van der Waals surface area contributed by atoms with Crippen molar-refractivity contribution in [2.24, 2.45) is 0 Å². The number of ether oxygens (including phenoxy) is 1. The molecule has 0 spiro atoms. The highest BCUT2D eigenvalue weighted by Gasteiger charge is 2.41. The minimum absolute atomic E-state index is 0. The average molecular weight is 408 g/mol. The lowest BCUT2D eigenvalue weighted by molar-refractivity contribution is -0.148. The summed E-state index contributed by atoms with van der Waals surface area (Å²) in [5.41, 5.74) is 0.371. The molecule has 1 atom stereocenters. The van der Waals surface area contributed by atoms with Crippen molar-refractivity contribution in [3.8, 4) is 5.88 Å². The largest absolute Gasteiger partial charge is 0.471 e. The molecule has 1 aromatic rings. The van der Waals surface area contributed by atoms with Gasteiger partial charge < -0.3 is 15.4 Å². The summed E-state index contributed by atoms with van der Waals surface area (Å²) in [5.74, 6) is -4.66. The zero-order chi connectivity index (χ0) is 16.9. The Kier molecular flexibility index (Phi) is 10.1. The molecule has 25 heavy (non-hydrogen) atoms. The number of rotatable bonds is 6. The van der Waals surface area contributed by atoms with Crippen LogP contribution in [0.1, 0.15) is 19.3 Å². The molecule has 2 rings (SSSR count). The van der Waals surface area contributed by atoms with Gasteiger partial charge in [-0.1, -0.05) is 6.42 Å². The lowest BCUT2D eigenvalue weighted by atomic mass is 10.0. The number of aromatic nitrogens is 1. The summed E-state index contributed by atoms with van der Waals surface area (Å²) in [6, 6.07) is 2.36. The Bertz CT molecular complexity index is 529. The van der Waals surface area contributed by atoms with Crippen molar-refractivity contribution in [3.63, 3.8) is 0 Å². The number of nitrogens with one attached hydrogen (secondary N) is 2. The number of hydrogen-bond donors (Lipinski definition) is 2. The van der Waals surface area contributed by atoms with E-state index in [1.165, 1.54) is 18.3 Å². The molecular weight excluding hydrogens is 389 g/mol. The van der Waals surface area contributed by atoms with Crippen LogP contribution in [0.3, 0.4) is 0 Å². The molecule has 11 heteroatoms. The number of alkyl halides is 4. The van der Waals surface area contributed by atoms with Crippen molar-refractivity contribution >= 4 is 36.4 Å². The molecule has 1 aliphatic heterocycles. The van der Waals surface area contributed by atoms with Crippen LogP contribution >= 0.6 is 24.8 Å². The topological polar surface area (TPSA) is 63.2 Å². The molecule has 5 nitrogen and oxygen atoms in total. The van der Waals surface area contributed by atoms with E-state index in [0.717, 1.165) is 25.8 Å². The molecule has 144 valence electrons. The van der Waals surface area contributed by atoms with E-state index in [-0.39, 0.29) is 42.6 Å². The smallest absolute Gasteiger partial charge is 0.340 e. The summed E-state index contributed by atoms with van der Waals surface area (Å²) in [7, 11) is 0. The molecule has 1 saturated heterocycles. The zero-order valence-corrected chi connectivity index (χ0v) is 14.6. The van der Waals surface area contributed by atoms with Crippen molar-refractivity contribution in [2.45, 2.75) is 37.7 Å². The van der Waals surface area contributed by atoms with E-state index in [1.54, 1.807) is 0 Å². The van der Waals surface area contributed by atoms with E-state index in [9.17, 15) is 22.4 Å². The molecule has 0 aliphatic carbocycles. The summed E-state index contributed by atoms with van der Waals surface area (Å²) in [5, 5.41) is 5.73. The zero-order valence-electron chi connectivity index (χ0n) is 13.0. The predicted molar refractivity (Wildman–Crippen MR) is 89.5 cm³/mol. The molecule has 0 aromatic carbocycles. The average Bonchev–Trinajstić information content (AvgIpc) is 2.55. The van der Waals surface area contributed by atoms with Crippen LogP contribution in [0, 0.1) is 0 Å². The fraction of sp³-hybridized carbons (Fsp3) is 0.571. The summed E-state index contributed by atoms with van der Waals surface area (Å²) in [6.07, 6.45) is 0.151.